The number of hydrogen-bond acceptors (Lipinski definition) is 4. The zero-order valence-electron chi connectivity index (χ0n) is 13.4. The van der Waals surface area contributed by atoms with Gasteiger partial charge in [-0.2, -0.15) is 0 Å². The van der Waals surface area contributed by atoms with Gasteiger partial charge in [0.05, 0.1) is 18.8 Å². The molecule has 23 heavy (non-hydrogen) atoms. The van der Waals surface area contributed by atoms with Gasteiger partial charge < -0.3 is 20.5 Å². The molecule has 2 aliphatic rings. The minimum Gasteiger partial charge on any atom is -0.389 e. The second-order valence-electron chi connectivity index (χ2n) is 6.55. The Morgan fingerprint density at radius 2 is 1.91 bits per heavy atom. The molecule has 0 radical (unpaired) electrons. The molecule has 0 spiro atoms. The Morgan fingerprint density at radius 1 is 1.17 bits per heavy atom. The van der Waals surface area contributed by atoms with Crippen molar-refractivity contribution in [3.8, 4) is 0 Å². The maximum absolute atomic E-state index is 12.0. The van der Waals surface area contributed by atoms with Gasteiger partial charge in [0.25, 0.3) is 5.91 Å². The van der Waals surface area contributed by atoms with E-state index in [1.54, 1.807) is 12.1 Å². The predicted molar refractivity (Wildman–Crippen MR) is 88.3 cm³/mol. The number of carbonyl (C=O) groups excluding carboxylic acids is 1. The smallest absolute Gasteiger partial charge is 0.251 e. The summed E-state index contributed by atoms with van der Waals surface area (Å²) in [5, 5.41) is 16.8. The van der Waals surface area contributed by atoms with Crippen LogP contribution in [0.25, 0.3) is 0 Å². The highest BCUT2D eigenvalue weighted by Crippen LogP contribution is 2.21. The lowest BCUT2D eigenvalue weighted by atomic mass is 9.94. The summed E-state index contributed by atoms with van der Waals surface area (Å²) < 4.78 is 5.68. The summed E-state index contributed by atoms with van der Waals surface area (Å²) >= 11 is 0. The predicted octanol–water partition coefficient (Wildman–Crippen LogP) is 1.47. The number of nitrogens with one attached hydrogen (secondary N) is 2. The second-order valence-corrected chi connectivity index (χ2v) is 6.55. The molecule has 0 aromatic heterocycles. The number of amides is 1. The van der Waals surface area contributed by atoms with E-state index < -0.39 is 6.10 Å². The number of aliphatic hydroxyl groups excluding tert-OH is 1. The molecular weight excluding hydrogens is 292 g/mol. The number of aliphatic hydroxyl groups is 1. The third-order valence-corrected chi connectivity index (χ3v) is 4.84. The van der Waals surface area contributed by atoms with Crippen LogP contribution in [0, 0.1) is 0 Å². The zero-order chi connectivity index (χ0) is 16.1. The molecule has 3 rings (SSSR count). The van der Waals surface area contributed by atoms with E-state index in [0.29, 0.717) is 24.8 Å². The van der Waals surface area contributed by atoms with E-state index in [1.165, 1.54) is 32.1 Å². The Hall–Kier alpha value is -1.43. The highest BCUT2D eigenvalue weighted by Gasteiger charge is 2.37. The van der Waals surface area contributed by atoms with Gasteiger partial charge in [-0.15, -0.1) is 0 Å². The standard InChI is InChI=1S/C18H26N2O3/c21-17-15(20-14-9-5-2-6-10-14)12-23-16(17)11-19-18(22)13-7-3-1-4-8-13/h1,3-4,7-8,14-17,20-21H,2,5-6,9-12H2,(H,19,22). The van der Waals surface area contributed by atoms with Crippen LogP contribution < -0.4 is 10.6 Å². The van der Waals surface area contributed by atoms with Crippen molar-refractivity contribution in [2.75, 3.05) is 13.2 Å². The van der Waals surface area contributed by atoms with Crippen LogP contribution in [0.1, 0.15) is 42.5 Å². The minimum absolute atomic E-state index is 0.0308. The average molecular weight is 318 g/mol. The van der Waals surface area contributed by atoms with Crippen LogP contribution in [-0.2, 0) is 4.74 Å². The van der Waals surface area contributed by atoms with Crippen molar-refractivity contribution in [2.24, 2.45) is 0 Å². The molecular formula is C18H26N2O3. The molecule has 3 unspecified atom stereocenters. The monoisotopic (exact) mass is 318 g/mol. The fourth-order valence-corrected chi connectivity index (χ4v) is 3.47. The fraction of sp³-hybridized carbons (Fsp3) is 0.611. The van der Waals surface area contributed by atoms with Gasteiger partial charge in [0.1, 0.15) is 6.10 Å². The molecule has 5 nitrogen and oxygen atoms in total. The third kappa shape index (κ3) is 4.31. The molecule has 1 aliphatic heterocycles. The van der Waals surface area contributed by atoms with E-state index in [4.69, 9.17) is 4.74 Å². The second kappa shape index (κ2) is 7.90. The van der Waals surface area contributed by atoms with E-state index in [-0.39, 0.29) is 18.1 Å². The molecule has 126 valence electrons. The molecule has 1 aromatic carbocycles. The fourth-order valence-electron chi connectivity index (χ4n) is 3.47. The van der Waals surface area contributed by atoms with E-state index in [1.807, 2.05) is 18.2 Å². The van der Waals surface area contributed by atoms with Crippen molar-refractivity contribution in [1.29, 1.82) is 0 Å². The van der Waals surface area contributed by atoms with Crippen molar-refractivity contribution in [3.63, 3.8) is 0 Å². The summed E-state index contributed by atoms with van der Waals surface area (Å²) in [7, 11) is 0. The molecule has 2 fully saturated rings. The van der Waals surface area contributed by atoms with E-state index in [0.717, 1.165) is 0 Å². The van der Waals surface area contributed by atoms with Crippen LogP contribution >= 0.6 is 0 Å². The van der Waals surface area contributed by atoms with Gasteiger partial charge in [-0.3, -0.25) is 4.79 Å². The molecule has 1 aromatic rings. The Labute approximate surface area is 137 Å². The van der Waals surface area contributed by atoms with Crippen LogP contribution in [0.5, 0.6) is 0 Å². The van der Waals surface area contributed by atoms with Gasteiger partial charge in [-0.05, 0) is 25.0 Å². The Balaban J connectivity index is 1.45. The topological polar surface area (TPSA) is 70.6 Å². The van der Waals surface area contributed by atoms with Crippen molar-refractivity contribution in [1.82, 2.24) is 10.6 Å². The summed E-state index contributed by atoms with van der Waals surface area (Å²) in [4.78, 5) is 12.0. The lowest BCUT2D eigenvalue weighted by Gasteiger charge is -2.27. The quantitative estimate of drug-likeness (QED) is 0.769. The number of carbonyl (C=O) groups is 1. The SMILES string of the molecule is O=C(NCC1OCC(NC2CCCCC2)C1O)c1ccccc1. The first-order valence-electron chi connectivity index (χ1n) is 8.63. The van der Waals surface area contributed by atoms with Gasteiger partial charge >= 0.3 is 0 Å². The molecule has 3 N–H and O–H groups in total. The highest BCUT2D eigenvalue weighted by atomic mass is 16.5. The maximum atomic E-state index is 12.0. The van der Waals surface area contributed by atoms with Crippen molar-refractivity contribution in [2.45, 2.75) is 56.4 Å². The molecule has 1 heterocycles. The molecule has 3 atom stereocenters. The first kappa shape index (κ1) is 16.4. The van der Waals surface area contributed by atoms with Crippen LogP contribution in [0.4, 0.5) is 0 Å². The summed E-state index contributed by atoms with van der Waals surface area (Å²) in [5.74, 6) is -0.134. The average Bonchev–Trinajstić information content (AvgIpc) is 2.94. The Kier molecular flexibility index (Phi) is 5.65. The van der Waals surface area contributed by atoms with Crippen molar-refractivity contribution < 1.29 is 14.6 Å². The van der Waals surface area contributed by atoms with Gasteiger partial charge in [-0.1, -0.05) is 37.5 Å². The van der Waals surface area contributed by atoms with Gasteiger partial charge in [0, 0.05) is 18.2 Å². The molecule has 1 saturated heterocycles. The van der Waals surface area contributed by atoms with Crippen LogP contribution in [0.3, 0.4) is 0 Å². The van der Waals surface area contributed by atoms with Crippen molar-refractivity contribution in [3.05, 3.63) is 35.9 Å². The summed E-state index contributed by atoms with van der Waals surface area (Å²) in [6.45, 7) is 0.835. The molecule has 1 amide bonds. The number of hydrogen-bond donors (Lipinski definition) is 3. The van der Waals surface area contributed by atoms with Gasteiger partial charge in [0.15, 0.2) is 0 Å². The minimum atomic E-state index is -0.576. The van der Waals surface area contributed by atoms with Crippen LogP contribution in [0.2, 0.25) is 0 Å². The largest absolute Gasteiger partial charge is 0.389 e. The molecule has 0 bridgehead atoms. The number of benzene rings is 1. The Morgan fingerprint density at radius 3 is 2.65 bits per heavy atom. The lowest BCUT2D eigenvalue weighted by molar-refractivity contribution is 0.0394. The summed E-state index contributed by atoms with van der Waals surface area (Å²) in [6.07, 6.45) is 5.28. The molecule has 5 heteroatoms. The maximum Gasteiger partial charge on any atom is 0.251 e. The first-order chi connectivity index (χ1) is 11.2. The highest BCUT2D eigenvalue weighted by molar-refractivity contribution is 5.94. The normalized spacial score (nSPS) is 28.7. The zero-order valence-corrected chi connectivity index (χ0v) is 13.4. The molecule has 1 aliphatic carbocycles. The Bertz CT molecular complexity index is 502. The van der Waals surface area contributed by atoms with Crippen LogP contribution in [-0.4, -0.2) is 48.5 Å². The summed E-state index contributed by atoms with van der Waals surface area (Å²) in [6, 6.07) is 9.55. The van der Waals surface area contributed by atoms with E-state index >= 15 is 0 Å². The third-order valence-electron chi connectivity index (χ3n) is 4.84. The number of ether oxygens (including phenoxy) is 1. The van der Waals surface area contributed by atoms with Crippen LogP contribution in [0.15, 0.2) is 30.3 Å². The van der Waals surface area contributed by atoms with E-state index in [2.05, 4.69) is 10.6 Å². The molecule has 1 saturated carbocycles. The number of rotatable bonds is 5. The lowest BCUT2D eigenvalue weighted by Crippen LogP contribution is -2.48. The summed E-state index contributed by atoms with van der Waals surface area (Å²) in [5.41, 5.74) is 0.622. The van der Waals surface area contributed by atoms with E-state index in [9.17, 15) is 9.90 Å². The first-order valence-corrected chi connectivity index (χ1v) is 8.63. The van der Waals surface area contributed by atoms with Gasteiger partial charge in [-0.25, -0.2) is 0 Å². The van der Waals surface area contributed by atoms with Crippen molar-refractivity contribution >= 4 is 5.91 Å². The van der Waals surface area contributed by atoms with Gasteiger partial charge in [0.2, 0.25) is 0 Å².